The van der Waals surface area contributed by atoms with Gasteiger partial charge in [0.1, 0.15) is 0 Å². The molecule has 0 fully saturated rings. The number of nitrogens with one attached hydrogen (secondary N) is 1. The van der Waals surface area contributed by atoms with E-state index in [1.807, 2.05) is 30.3 Å². The maximum absolute atomic E-state index is 11.9. The molecule has 0 amide bonds. The highest BCUT2D eigenvalue weighted by Crippen LogP contribution is 2.16. The molecule has 20 heavy (non-hydrogen) atoms. The summed E-state index contributed by atoms with van der Waals surface area (Å²) < 4.78 is 4.92. The first-order valence-corrected chi connectivity index (χ1v) is 7.55. The van der Waals surface area contributed by atoms with Crippen LogP contribution in [0.25, 0.3) is 0 Å². The molecule has 0 saturated heterocycles. The van der Waals surface area contributed by atoms with Crippen LogP contribution >= 0.6 is 0 Å². The third kappa shape index (κ3) is 5.74. The van der Waals surface area contributed by atoms with Gasteiger partial charge in [-0.25, -0.2) is 0 Å². The Morgan fingerprint density at radius 1 is 1.25 bits per heavy atom. The molecule has 0 bridgehead atoms. The summed E-state index contributed by atoms with van der Waals surface area (Å²) in [6, 6.07) is 10.2. The Labute approximate surface area is 122 Å². The minimum absolute atomic E-state index is 0.176. The zero-order valence-corrected chi connectivity index (χ0v) is 12.9. The van der Waals surface area contributed by atoms with Gasteiger partial charge < -0.3 is 10.1 Å². The highest BCUT2D eigenvalue weighted by Gasteiger charge is 2.21. The fourth-order valence-electron chi connectivity index (χ4n) is 2.29. The van der Waals surface area contributed by atoms with Crippen LogP contribution in [-0.4, -0.2) is 25.7 Å². The first-order valence-electron chi connectivity index (χ1n) is 7.55. The normalized spacial score (nSPS) is 13.8. The van der Waals surface area contributed by atoms with Crippen molar-refractivity contribution in [2.24, 2.45) is 0 Å². The van der Waals surface area contributed by atoms with Crippen LogP contribution < -0.4 is 5.32 Å². The number of hydrogen-bond acceptors (Lipinski definition) is 3. The van der Waals surface area contributed by atoms with Gasteiger partial charge in [-0.15, -0.1) is 0 Å². The van der Waals surface area contributed by atoms with Crippen molar-refractivity contribution in [1.82, 2.24) is 5.32 Å². The Kier molecular flexibility index (Phi) is 7.97. The van der Waals surface area contributed by atoms with Crippen molar-refractivity contribution < 1.29 is 9.53 Å². The zero-order chi connectivity index (χ0) is 14.8. The van der Waals surface area contributed by atoms with Crippen LogP contribution in [0.15, 0.2) is 30.3 Å². The van der Waals surface area contributed by atoms with Crippen molar-refractivity contribution in [1.29, 1.82) is 0 Å². The van der Waals surface area contributed by atoms with E-state index in [0.29, 0.717) is 12.6 Å². The van der Waals surface area contributed by atoms with Crippen molar-refractivity contribution in [2.75, 3.05) is 13.7 Å². The number of rotatable bonds is 9. The smallest absolute Gasteiger partial charge is 0.314 e. The summed E-state index contributed by atoms with van der Waals surface area (Å²) in [4.78, 5) is 11.9. The van der Waals surface area contributed by atoms with Gasteiger partial charge in [-0.1, -0.05) is 56.5 Å². The first kappa shape index (κ1) is 16.7. The second-order valence-corrected chi connectivity index (χ2v) is 5.29. The van der Waals surface area contributed by atoms with Gasteiger partial charge in [0, 0.05) is 12.6 Å². The van der Waals surface area contributed by atoms with Gasteiger partial charge >= 0.3 is 5.97 Å². The number of methoxy groups -OCH3 is 1. The lowest BCUT2D eigenvalue weighted by atomic mass is 9.98. The molecule has 2 unspecified atom stereocenters. The molecule has 1 aromatic carbocycles. The quantitative estimate of drug-likeness (QED) is 0.554. The number of carbonyl (C=O) groups is 1. The van der Waals surface area contributed by atoms with Crippen LogP contribution in [0.2, 0.25) is 0 Å². The number of esters is 1. The molecule has 3 heteroatoms. The summed E-state index contributed by atoms with van der Waals surface area (Å²) in [5.74, 6) is -0.403. The van der Waals surface area contributed by atoms with Gasteiger partial charge in [-0.3, -0.25) is 4.79 Å². The summed E-state index contributed by atoms with van der Waals surface area (Å²) in [5, 5.41) is 3.45. The SMILES string of the molecule is CCCCCC(C)NCC(C(=O)OC)c1ccccc1. The van der Waals surface area contributed by atoms with Gasteiger partial charge in [0.2, 0.25) is 0 Å². The maximum atomic E-state index is 11.9. The number of hydrogen-bond donors (Lipinski definition) is 1. The van der Waals surface area contributed by atoms with Gasteiger partial charge in [-0.2, -0.15) is 0 Å². The fraction of sp³-hybridized carbons (Fsp3) is 0.588. The topological polar surface area (TPSA) is 38.3 Å². The van der Waals surface area contributed by atoms with Crippen molar-refractivity contribution in [3.8, 4) is 0 Å². The minimum atomic E-state index is -0.227. The van der Waals surface area contributed by atoms with Gasteiger partial charge in [0.05, 0.1) is 13.0 Å². The summed E-state index contributed by atoms with van der Waals surface area (Å²) >= 11 is 0. The molecular formula is C17H27NO2. The maximum Gasteiger partial charge on any atom is 0.314 e. The molecule has 0 aliphatic carbocycles. The Morgan fingerprint density at radius 2 is 1.95 bits per heavy atom. The second-order valence-electron chi connectivity index (χ2n) is 5.29. The van der Waals surface area contributed by atoms with E-state index in [1.165, 1.54) is 26.4 Å². The Balaban J connectivity index is 2.52. The monoisotopic (exact) mass is 277 g/mol. The van der Waals surface area contributed by atoms with Gasteiger partial charge in [0.25, 0.3) is 0 Å². The van der Waals surface area contributed by atoms with Crippen molar-refractivity contribution >= 4 is 5.97 Å². The van der Waals surface area contributed by atoms with Crippen LogP contribution in [0.1, 0.15) is 51.0 Å². The van der Waals surface area contributed by atoms with E-state index >= 15 is 0 Å². The summed E-state index contributed by atoms with van der Waals surface area (Å²) in [7, 11) is 1.45. The van der Waals surface area contributed by atoms with Crippen LogP contribution in [0, 0.1) is 0 Å². The minimum Gasteiger partial charge on any atom is -0.469 e. The predicted molar refractivity (Wildman–Crippen MR) is 82.8 cm³/mol. The number of benzene rings is 1. The van der Waals surface area contributed by atoms with Crippen LogP contribution in [0.4, 0.5) is 0 Å². The molecule has 2 atom stereocenters. The standard InChI is InChI=1S/C17H27NO2/c1-4-5-7-10-14(2)18-13-16(17(19)20-3)15-11-8-6-9-12-15/h6,8-9,11-12,14,16,18H,4-5,7,10,13H2,1-3H3. The molecule has 0 aliphatic rings. The van der Waals surface area contributed by atoms with Crippen molar-refractivity contribution in [3.05, 3.63) is 35.9 Å². The molecule has 3 nitrogen and oxygen atoms in total. The van der Waals surface area contributed by atoms with Crippen LogP contribution in [-0.2, 0) is 9.53 Å². The average Bonchev–Trinajstić information content (AvgIpc) is 2.48. The van der Waals surface area contributed by atoms with E-state index in [2.05, 4.69) is 19.2 Å². The number of carbonyl (C=O) groups excluding carboxylic acids is 1. The molecule has 1 rings (SSSR count). The fourth-order valence-corrected chi connectivity index (χ4v) is 2.29. The molecule has 0 spiro atoms. The van der Waals surface area contributed by atoms with Gasteiger partial charge in [-0.05, 0) is 18.9 Å². The van der Waals surface area contributed by atoms with Crippen molar-refractivity contribution in [3.63, 3.8) is 0 Å². The Morgan fingerprint density at radius 3 is 2.55 bits per heavy atom. The largest absolute Gasteiger partial charge is 0.469 e. The lowest BCUT2D eigenvalue weighted by Gasteiger charge is -2.19. The van der Waals surface area contributed by atoms with E-state index in [9.17, 15) is 4.79 Å². The summed E-state index contributed by atoms with van der Waals surface area (Å²) in [5.41, 5.74) is 1.01. The third-order valence-corrected chi connectivity index (χ3v) is 3.60. The highest BCUT2D eigenvalue weighted by atomic mass is 16.5. The number of ether oxygens (including phenoxy) is 1. The van der Waals surface area contributed by atoms with Crippen LogP contribution in [0.5, 0.6) is 0 Å². The first-order chi connectivity index (χ1) is 9.69. The molecular weight excluding hydrogens is 250 g/mol. The lowest BCUT2D eigenvalue weighted by Crippen LogP contribution is -2.33. The van der Waals surface area contributed by atoms with Crippen molar-refractivity contribution in [2.45, 2.75) is 51.5 Å². The molecule has 0 saturated carbocycles. The second kappa shape index (κ2) is 9.54. The van der Waals surface area contributed by atoms with Gasteiger partial charge in [0.15, 0.2) is 0 Å². The molecule has 0 radical (unpaired) electrons. The Hall–Kier alpha value is -1.35. The number of unbranched alkanes of at least 4 members (excludes halogenated alkanes) is 2. The van der Waals surface area contributed by atoms with E-state index in [1.54, 1.807) is 0 Å². The highest BCUT2D eigenvalue weighted by molar-refractivity contribution is 5.78. The van der Waals surface area contributed by atoms with E-state index in [-0.39, 0.29) is 11.9 Å². The Bertz CT molecular complexity index is 378. The van der Waals surface area contributed by atoms with E-state index in [0.717, 1.165) is 12.0 Å². The molecule has 1 aromatic rings. The zero-order valence-electron chi connectivity index (χ0n) is 12.9. The van der Waals surface area contributed by atoms with E-state index < -0.39 is 0 Å². The summed E-state index contributed by atoms with van der Waals surface area (Å²) in [6.45, 7) is 5.01. The average molecular weight is 277 g/mol. The van der Waals surface area contributed by atoms with E-state index in [4.69, 9.17) is 4.74 Å². The molecule has 112 valence electrons. The molecule has 1 N–H and O–H groups in total. The summed E-state index contributed by atoms with van der Waals surface area (Å²) in [6.07, 6.45) is 4.89. The molecule has 0 heterocycles. The molecule has 0 aliphatic heterocycles. The third-order valence-electron chi connectivity index (χ3n) is 3.60. The van der Waals surface area contributed by atoms with Crippen LogP contribution in [0.3, 0.4) is 0 Å². The molecule has 0 aromatic heterocycles. The lowest BCUT2D eigenvalue weighted by molar-refractivity contribution is -0.142. The predicted octanol–water partition coefficient (Wildman–Crippen LogP) is 3.50.